The van der Waals surface area contributed by atoms with Crippen LogP contribution in [-0.4, -0.2) is 65.7 Å². The van der Waals surface area contributed by atoms with Crippen molar-refractivity contribution in [3.63, 3.8) is 0 Å². The maximum absolute atomic E-state index is 10.4. The number of aliphatic carboxylic acids is 2. The summed E-state index contributed by atoms with van der Waals surface area (Å²) in [5.74, 6) is -1.06. The average Bonchev–Trinajstić information content (AvgIpc) is 2.49. The normalized spacial score (nSPS) is 9.68. The minimum atomic E-state index is -1.30. The van der Waals surface area contributed by atoms with Gasteiger partial charge in [0.05, 0.1) is 18.0 Å². The van der Waals surface area contributed by atoms with Gasteiger partial charge in [-0.25, -0.2) is 4.79 Å². The quantitative estimate of drug-likeness (QED) is 0.218. The molecule has 10 N–H and O–H groups in total. The molecule has 0 spiro atoms. The van der Waals surface area contributed by atoms with Crippen molar-refractivity contribution < 1.29 is 142 Å². The molecule has 0 rings (SSSR count). The maximum Gasteiger partial charge on any atom is 1.00 e. The Hall–Kier alpha value is 1.44. The van der Waals surface area contributed by atoms with Crippen molar-refractivity contribution in [2.24, 2.45) is 11.5 Å². The van der Waals surface area contributed by atoms with Gasteiger partial charge in [-0.05, 0) is 36.9 Å². The van der Waals surface area contributed by atoms with Gasteiger partial charge in [0.2, 0.25) is 0 Å². The number of primary amides is 1. The third-order valence-corrected chi connectivity index (χ3v) is 3.44. The molecule has 0 aliphatic rings. The molecule has 28 heavy (non-hydrogen) atoms. The van der Waals surface area contributed by atoms with Gasteiger partial charge in [-0.2, -0.15) is 33.1 Å². The summed E-state index contributed by atoms with van der Waals surface area (Å²) in [5.41, 5.74) is 9.88. The van der Waals surface area contributed by atoms with E-state index in [0.29, 0.717) is 18.6 Å². The van der Waals surface area contributed by atoms with Crippen LogP contribution in [0.2, 0.25) is 0 Å². The van der Waals surface area contributed by atoms with E-state index in [1.165, 1.54) is 11.8 Å². The molecule has 0 aliphatic heterocycles. The predicted octanol–water partition coefficient (Wildman–Crippen LogP) is -9.90. The van der Waals surface area contributed by atoms with Crippen LogP contribution in [0.5, 0.6) is 0 Å². The molecule has 0 saturated heterocycles. The van der Waals surface area contributed by atoms with Crippen molar-refractivity contribution in [1.29, 1.82) is 0 Å². The summed E-state index contributed by atoms with van der Waals surface area (Å²) >= 11 is 3.07. The van der Waals surface area contributed by atoms with E-state index in [0.717, 1.165) is 5.75 Å². The van der Waals surface area contributed by atoms with Gasteiger partial charge >= 0.3 is 115 Å². The van der Waals surface area contributed by atoms with Gasteiger partial charge in [0.15, 0.2) is 0 Å². The van der Waals surface area contributed by atoms with E-state index in [1.54, 1.807) is 11.8 Å². The van der Waals surface area contributed by atoms with Gasteiger partial charge < -0.3 is 48.2 Å². The van der Waals surface area contributed by atoms with Gasteiger partial charge in [-0.1, -0.05) is 0 Å². The molecule has 0 aromatic heterocycles. The third kappa shape index (κ3) is 41.7. The van der Waals surface area contributed by atoms with Crippen LogP contribution in [0.15, 0.2) is 0 Å². The molecule has 2 atom stereocenters. The minimum Gasteiger partial charge on any atom is -0.548 e. The molecule has 0 aromatic carbocycles. The SMILES string of the molecule is CSCCC(N)C(=O)[O-].CSCCC(NC(N)=O)C(=O)[O-].N.O.O=C=O.[K+].[K+]. The molecule has 156 valence electrons. The van der Waals surface area contributed by atoms with E-state index in [4.69, 9.17) is 21.1 Å². The monoisotopic (exact) mass is 496 g/mol. The Bertz CT molecular complexity index is 419. The van der Waals surface area contributed by atoms with E-state index >= 15 is 0 Å². The van der Waals surface area contributed by atoms with Crippen molar-refractivity contribution in [3.05, 3.63) is 0 Å². The number of carboxylic acid groups (broad SMARTS) is 2. The van der Waals surface area contributed by atoms with Crippen LogP contribution in [0.3, 0.4) is 0 Å². The number of carbonyl (C=O) groups excluding carboxylic acids is 5. The van der Waals surface area contributed by atoms with Crippen LogP contribution in [0, 0.1) is 0 Å². The first-order valence-electron chi connectivity index (χ1n) is 6.38. The Morgan fingerprint density at radius 3 is 1.61 bits per heavy atom. The number of hydrogen-bond donors (Lipinski definition) is 4. The molecule has 2 amide bonds. The second-order valence-electron chi connectivity index (χ2n) is 3.95. The molecule has 0 saturated carbocycles. The number of carbonyl (C=O) groups is 3. The Labute approximate surface area is 257 Å². The molecular weight excluding hydrogens is 470 g/mol. The molecule has 16 heteroatoms. The second-order valence-corrected chi connectivity index (χ2v) is 5.92. The first-order chi connectivity index (χ1) is 11.2. The Kier molecular flexibility index (Phi) is 60.6. The number of amides is 2. The fourth-order valence-corrected chi connectivity index (χ4v) is 1.98. The van der Waals surface area contributed by atoms with Crippen LogP contribution in [0.4, 0.5) is 4.79 Å². The van der Waals surface area contributed by atoms with Gasteiger partial charge in [-0.15, -0.1) is 0 Å². The molecule has 12 nitrogen and oxygen atoms in total. The van der Waals surface area contributed by atoms with Crippen LogP contribution in [0.25, 0.3) is 0 Å². The Balaban J connectivity index is -0.0000000499. The zero-order chi connectivity index (χ0) is 19.5. The van der Waals surface area contributed by atoms with E-state index < -0.39 is 30.1 Å². The summed E-state index contributed by atoms with van der Waals surface area (Å²) in [6, 6.07) is -2.61. The number of nitrogens with one attached hydrogen (secondary N) is 1. The predicted molar refractivity (Wildman–Crippen MR) is 94.1 cm³/mol. The van der Waals surface area contributed by atoms with E-state index in [2.05, 4.69) is 5.32 Å². The minimum absolute atomic E-state index is 0. The zero-order valence-corrected chi connectivity index (χ0v) is 24.4. The summed E-state index contributed by atoms with van der Waals surface area (Å²) in [6.45, 7) is 0. The Morgan fingerprint density at radius 2 is 1.36 bits per heavy atom. The summed E-state index contributed by atoms with van der Waals surface area (Å²) in [5, 5.41) is 22.4. The summed E-state index contributed by atoms with van der Waals surface area (Å²) in [6.07, 6.45) is 4.81. The van der Waals surface area contributed by atoms with E-state index in [1.807, 2.05) is 12.5 Å². The zero-order valence-electron chi connectivity index (χ0n) is 16.5. The number of nitrogens with two attached hydrogens (primary N) is 2. The van der Waals surface area contributed by atoms with Gasteiger partial charge in [0, 0.05) is 6.04 Å². The van der Waals surface area contributed by atoms with Gasteiger partial charge in [-0.3, -0.25) is 0 Å². The van der Waals surface area contributed by atoms with Crippen LogP contribution < -0.4 is 136 Å². The van der Waals surface area contributed by atoms with E-state index in [9.17, 15) is 24.6 Å². The van der Waals surface area contributed by atoms with Crippen LogP contribution in [-0.2, 0) is 19.2 Å². The van der Waals surface area contributed by atoms with Crippen LogP contribution in [0.1, 0.15) is 12.8 Å². The maximum atomic E-state index is 10.4. The van der Waals surface area contributed by atoms with Crippen molar-refractivity contribution in [2.75, 3.05) is 24.0 Å². The van der Waals surface area contributed by atoms with Crippen LogP contribution >= 0.6 is 23.5 Å². The topological polar surface area (TPSA) is 262 Å². The molecule has 0 bridgehead atoms. The molecule has 0 aliphatic carbocycles. The largest absolute Gasteiger partial charge is 1.00 e. The van der Waals surface area contributed by atoms with Crippen molar-refractivity contribution in [3.8, 4) is 0 Å². The molecule has 0 fully saturated rings. The first kappa shape index (κ1) is 47.3. The first-order valence-corrected chi connectivity index (χ1v) is 9.16. The Morgan fingerprint density at radius 1 is 1.00 bits per heavy atom. The summed E-state index contributed by atoms with van der Waals surface area (Å²) in [7, 11) is 0. The number of urea groups is 1. The third-order valence-electron chi connectivity index (χ3n) is 2.15. The number of carboxylic acids is 2. The standard InChI is InChI=1S/C6H12N2O3S.C5H11NO2S.CO2.2K.H3N.H2O/c1-12-3-2-4(5(9)10)8-6(7)11;1-9-3-2-4(6)5(7)8;2-1-3;;;;/h4H,2-3H2,1H3,(H,9,10)(H3,7,8,11);4H,2-3,6H2,1H3,(H,7,8);;;;1H3;1H2/q;;;2*+1;;/p-2. The molecular formula is C12H26K2N4O8S2. The fourth-order valence-electron chi connectivity index (χ4n) is 1.02. The van der Waals surface area contributed by atoms with E-state index in [-0.39, 0.29) is 121 Å². The molecule has 0 aromatic rings. The molecule has 2 unspecified atom stereocenters. The number of thioether (sulfide) groups is 2. The van der Waals surface area contributed by atoms with Gasteiger partial charge in [0.25, 0.3) is 0 Å². The number of hydrogen-bond acceptors (Lipinski definition) is 11. The smallest absolute Gasteiger partial charge is 0.548 e. The number of rotatable bonds is 9. The summed E-state index contributed by atoms with van der Waals surface area (Å²) < 4.78 is 0. The van der Waals surface area contributed by atoms with Crippen molar-refractivity contribution >= 4 is 47.6 Å². The second kappa shape index (κ2) is 35.9. The van der Waals surface area contributed by atoms with Gasteiger partial charge in [0.1, 0.15) is 0 Å². The van der Waals surface area contributed by atoms with Crippen molar-refractivity contribution in [2.45, 2.75) is 24.9 Å². The molecule has 0 heterocycles. The summed E-state index contributed by atoms with van der Waals surface area (Å²) in [4.78, 5) is 46.9. The molecule has 0 radical (unpaired) electrons. The average molecular weight is 497 g/mol. The van der Waals surface area contributed by atoms with Crippen molar-refractivity contribution in [1.82, 2.24) is 11.5 Å². The fraction of sp³-hybridized carbons (Fsp3) is 0.667.